The molecular formula is C15H13F2N. The van der Waals surface area contributed by atoms with E-state index in [9.17, 15) is 8.78 Å². The predicted molar refractivity (Wildman–Crippen MR) is 67.3 cm³/mol. The van der Waals surface area contributed by atoms with Crippen LogP contribution in [0.2, 0.25) is 0 Å². The van der Waals surface area contributed by atoms with Crippen LogP contribution in [0.3, 0.4) is 0 Å². The number of benzene rings is 2. The minimum atomic E-state index is -0.288. The standard InChI is InChI=1S/C15H13F2N/c16-9-4-5-12-13(8-9)10(6-7-18)11-2-1-3-14(17)15(11)12/h1-5,8,10H,6-7,18H2. The smallest absolute Gasteiger partial charge is 0.131 e. The van der Waals surface area contributed by atoms with E-state index in [4.69, 9.17) is 5.73 Å². The zero-order valence-corrected chi connectivity index (χ0v) is 9.79. The summed E-state index contributed by atoms with van der Waals surface area (Å²) in [5.41, 5.74) is 8.77. The van der Waals surface area contributed by atoms with Crippen LogP contribution in [0.1, 0.15) is 23.5 Å². The van der Waals surface area contributed by atoms with Crippen molar-refractivity contribution in [1.29, 1.82) is 0 Å². The third kappa shape index (κ3) is 1.55. The quantitative estimate of drug-likeness (QED) is 0.861. The summed E-state index contributed by atoms with van der Waals surface area (Å²) in [5, 5.41) is 0. The van der Waals surface area contributed by atoms with Gasteiger partial charge in [0.2, 0.25) is 0 Å². The van der Waals surface area contributed by atoms with E-state index < -0.39 is 0 Å². The average molecular weight is 245 g/mol. The molecule has 92 valence electrons. The molecule has 2 aromatic rings. The predicted octanol–water partition coefficient (Wildman–Crippen LogP) is 3.43. The second-order valence-corrected chi connectivity index (χ2v) is 4.57. The number of rotatable bonds is 2. The van der Waals surface area contributed by atoms with Crippen LogP contribution in [0.15, 0.2) is 36.4 Å². The Kier molecular flexibility index (Phi) is 2.63. The fourth-order valence-corrected chi connectivity index (χ4v) is 2.81. The molecule has 0 fully saturated rings. The largest absolute Gasteiger partial charge is 0.330 e. The Morgan fingerprint density at radius 1 is 1.06 bits per heavy atom. The summed E-state index contributed by atoms with van der Waals surface area (Å²) in [7, 11) is 0. The van der Waals surface area contributed by atoms with Gasteiger partial charge in [-0.05, 0) is 47.9 Å². The first kappa shape index (κ1) is 11.4. The molecule has 18 heavy (non-hydrogen) atoms. The van der Waals surface area contributed by atoms with Gasteiger partial charge < -0.3 is 5.73 Å². The summed E-state index contributed by atoms with van der Waals surface area (Å²) in [5.74, 6) is -0.532. The average Bonchev–Trinajstić information content (AvgIpc) is 2.66. The SMILES string of the molecule is NCCC1c2cc(F)ccc2-c2c(F)cccc21. The lowest BCUT2D eigenvalue weighted by molar-refractivity contribution is 0.622. The summed E-state index contributed by atoms with van der Waals surface area (Å²) in [4.78, 5) is 0. The summed E-state index contributed by atoms with van der Waals surface area (Å²) in [6.45, 7) is 0.497. The van der Waals surface area contributed by atoms with E-state index >= 15 is 0 Å². The van der Waals surface area contributed by atoms with Crippen molar-refractivity contribution in [3.05, 3.63) is 59.2 Å². The summed E-state index contributed by atoms with van der Waals surface area (Å²) in [6.07, 6.45) is 0.701. The van der Waals surface area contributed by atoms with Gasteiger partial charge in [0.1, 0.15) is 11.6 Å². The topological polar surface area (TPSA) is 26.0 Å². The molecule has 1 aliphatic carbocycles. The van der Waals surface area contributed by atoms with Crippen molar-refractivity contribution < 1.29 is 8.78 Å². The van der Waals surface area contributed by atoms with Gasteiger partial charge in [-0.3, -0.25) is 0 Å². The number of fused-ring (bicyclic) bond motifs is 3. The van der Waals surface area contributed by atoms with E-state index in [1.165, 1.54) is 18.2 Å². The van der Waals surface area contributed by atoms with Gasteiger partial charge in [-0.2, -0.15) is 0 Å². The van der Waals surface area contributed by atoms with E-state index in [0.717, 1.165) is 16.7 Å². The van der Waals surface area contributed by atoms with Gasteiger partial charge in [-0.15, -0.1) is 0 Å². The van der Waals surface area contributed by atoms with E-state index in [1.54, 1.807) is 12.1 Å². The Morgan fingerprint density at radius 3 is 2.67 bits per heavy atom. The van der Waals surface area contributed by atoms with Crippen LogP contribution >= 0.6 is 0 Å². The van der Waals surface area contributed by atoms with Crippen molar-refractivity contribution in [2.75, 3.05) is 6.54 Å². The maximum atomic E-state index is 14.0. The third-order valence-corrected chi connectivity index (χ3v) is 3.53. The number of hydrogen-bond acceptors (Lipinski definition) is 1. The maximum Gasteiger partial charge on any atom is 0.131 e. The van der Waals surface area contributed by atoms with Crippen molar-refractivity contribution in [1.82, 2.24) is 0 Å². The number of halogens is 2. The number of hydrogen-bond donors (Lipinski definition) is 1. The fourth-order valence-electron chi connectivity index (χ4n) is 2.81. The molecule has 1 unspecified atom stereocenters. The molecule has 2 N–H and O–H groups in total. The normalized spacial score (nSPS) is 16.5. The lowest BCUT2D eigenvalue weighted by Crippen LogP contribution is -2.06. The van der Waals surface area contributed by atoms with Crippen molar-refractivity contribution in [3.8, 4) is 11.1 Å². The second-order valence-electron chi connectivity index (χ2n) is 4.57. The highest BCUT2D eigenvalue weighted by Gasteiger charge is 2.30. The first-order valence-electron chi connectivity index (χ1n) is 6.00. The zero-order chi connectivity index (χ0) is 12.7. The molecule has 1 nitrogen and oxygen atoms in total. The van der Waals surface area contributed by atoms with Crippen LogP contribution in [0.5, 0.6) is 0 Å². The molecule has 0 saturated carbocycles. The number of nitrogens with two attached hydrogens (primary N) is 1. The van der Waals surface area contributed by atoms with Crippen LogP contribution in [-0.4, -0.2) is 6.54 Å². The molecule has 0 aliphatic heterocycles. The summed E-state index contributed by atoms with van der Waals surface area (Å²) < 4.78 is 27.3. The van der Waals surface area contributed by atoms with Crippen LogP contribution < -0.4 is 5.73 Å². The first-order chi connectivity index (χ1) is 8.72. The van der Waals surface area contributed by atoms with Gasteiger partial charge >= 0.3 is 0 Å². The van der Waals surface area contributed by atoms with Crippen LogP contribution in [0.25, 0.3) is 11.1 Å². The lowest BCUT2D eigenvalue weighted by Gasteiger charge is -2.11. The zero-order valence-electron chi connectivity index (χ0n) is 9.79. The first-order valence-corrected chi connectivity index (χ1v) is 6.00. The molecule has 0 bridgehead atoms. The van der Waals surface area contributed by atoms with E-state index in [0.29, 0.717) is 18.5 Å². The summed E-state index contributed by atoms with van der Waals surface area (Å²) >= 11 is 0. The van der Waals surface area contributed by atoms with Gasteiger partial charge in [0.15, 0.2) is 0 Å². The molecule has 3 heteroatoms. The maximum absolute atomic E-state index is 14.0. The van der Waals surface area contributed by atoms with Gasteiger partial charge in [0.05, 0.1) is 0 Å². The van der Waals surface area contributed by atoms with Gasteiger partial charge in [0, 0.05) is 11.5 Å². The van der Waals surface area contributed by atoms with E-state index in [2.05, 4.69) is 0 Å². The van der Waals surface area contributed by atoms with Crippen LogP contribution in [0.4, 0.5) is 8.78 Å². The Labute approximate surface area is 104 Å². The highest BCUT2D eigenvalue weighted by atomic mass is 19.1. The minimum absolute atomic E-state index is 0.00593. The third-order valence-electron chi connectivity index (χ3n) is 3.53. The molecule has 1 aliphatic rings. The highest BCUT2D eigenvalue weighted by Crippen LogP contribution is 2.47. The van der Waals surface area contributed by atoms with Crippen molar-refractivity contribution in [3.63, 3.8) is 0 Å². The summed E-state index contributed by atoms with van der Waals surface area (Å²) in [6, 6.07) is 9.56. The molecule has 0 spiro atoms. The van der Waals surface area contributed by atoms with Gasteiger partial charge in [0.25, 0.3) is 0 Å². The van der Waals surface area contributed by atoms with Crippen molar-refractivity contribution in [2.45, 2.75) is 12.3 Å². The van der Waals surface area contributed by atoms with Gasteiger partial charge in [-0.25, -0.2) is 8.78 Å². The lowest BCUT2D eigenvalue weighted by atomic mass is 9.94. The monoisotopic (exact) mass is 245 g/mol. The van der Waals surface area contributed by atoms with Crippen molar-refractivity contribution in [2.24, 2.45) is 5.73 Å². The molecule has 0 radical (unpaired) electrons. The Hall–Kier alpha value is -1.74. The van der Waals surface area contributed by atoms with E-state index in [1.807, 2.05) is 6.07 Å². The highest BCUT2D eigenvalue weighted by molar-refractivity contribution is 5.79. The Bertz CT molecular complexity index is 607. The van der Waals surface area contributed by atoms with Crippen LogP contribution in [0, 0.1) is 11.6 Å². The minimum Gasteiger partial charge on any atom is -0.330 e. The molecule has 2 aromatic carbocycles. The second kappa shape index (κ2) is 4.18. The molecular weight excluding hydrogens is 232 g/mol. The molecule has 3 rings (SSSR count). The Balaban J connectivity index is 2.27. The van der Waals surface area contributed by atoms with E-state index in [-0.39, 0.29) is 17.6 Å². The molecule has 0 amide bonds. The Morgan fingerprint density at radius 2 is 1.89 bits per heavy atom. The van der Waals surface area contributed by atoms with Crippen molar-refractivity contribution >= 4 is 0 Å². The molecule has 0 aromatic heterocycles. The van der Waals surface area contributed by atoms with Crippen LogP contribution in [-0.2, 0) is 0 Å². The fraction of sp³-hybridized carbons (Fsp3) is 0.200. The molecule has 0 saturated heterocycles. The molecule has 1 atom stereocenters. The molecule has 0 heterocycles. The van der Waals surface area contributed by atoms with Gasteiger partial charge in [-0.1, -0.05) is 18.2 Å².